The zero-order valence-electron chi connectivity index (χ0n) is 14.5. The molecule has 1 heterocycles. The maximum Gasteiger partial charge on any atom is 0.190 e. The van der Waals surface area contributed by atoms with Crippen molar-refractivity contribution in [2.45, 2.75) is 57.5 Å². The Morgan fingerprint density at radius 2 is 2.17 bits per heavy atom. The molecule has 130 valence electrons. The van der Waals surface area contributed by atoms with Crippen LogP contribution in [0, 0.1) is 0 Å². The monoisotopic (exact) mass is 337 g/mol. The fraction of sp³-hybridized carbons (Fsp3) is 0.722. The molecule has 0 bridgehead atoms. The number of hydrogen-bond acceptors (Lipinski definition) is 3. The second-order valence-corrected chi connectivity index (χ2v) is 7.26. The van der Waals surface area contributed by atoms with E-state index in [9.17, 15) is 0 Å². The number of aliphatic imine (C=N–C) groups is 1. The summed E-state index contributed by atoms with van der Waals surface area (Å²) in [7, 11) is 1.82. The number of hydrogen-bond donors (Lipinski definition) is 2. The van der Waals surface area contributed by atoms with Crippen LogP contribution < -0.4 is 10.6 Å². The van der Waals surface area contributed by atoms with Gasteiger partial charge in [-0.2, -0.15) is 0 Å². The Labute approximate surface area is 144 Å². The van der Waals surface area contributed by atoms with E-state index in [0.717, 1.165) is 32.1 Å². The van der Waals surface area contributed by atoms with E-state index in [1.165, 1.54) is 37.0 Å². The predicted octanol–water partition coefficient (Wildman–Crippen LogP) is 3.76. The van der Waals surface area contributed by atoms with Gasteiger partial charge in [0, 0.05) is 37.5 Å². The molecule has 0 aromatic carbocycles. The first-order valence-electron chi connectivity index (χ1n) is 8.89. The minimum Gasteiger partial charge on any atom is -0.378 e. The normalized spacial score (nSPS) is 17.9. The minimum absolute atomic E-state index is 0.503. The van der Waals surface area contributed by atoms with Crippen LogP contribution in [0.4, 0.5) is 0 Å². The Bertz CT molecular complexity index is 441. The molecule has 23 heavy (non-hydrogen) atoms. The number of guanidine groups is 1. The molecule has 1 atom stereocenters. The molecule has 0 saturated heterocycles. The molecule has 1 aliphatic rings. The molecule has 5 heteroatoms. The zero-order valence-corrected chi connectivity index (χ0v) is 15.3. The molecule has 4 nitrogen and oxygen atoms in total. The molecule has 2 rings (SSSR count). The Balaban J connectivity index is 1.54. The van der Waals surface area contributed by atoms with E-state index in [1.54, 1.807) is 0 Å². The summed E-state index contributed by atoms with van der Waals surface area (Å²) in [6, 6.07) is 4.30. The molecule has 1 aromatic heterocycles. The van der Waals surface area contributed by atoms with Gasteiger partial charge in [-0.05, 0) is 30.7 Å². The van der Waals surface area contributed by atoms with Crippen molar-refractivity contribution in [1.82, 2.24) is 10.6 Å². The smallest absolute Gasteiger partial charge is 0.190 e. The molecule has 1 aromatic rings. The maximum atomic E-state index is 5.95. The van der Waals surface area contributed by atoms with Gasteiger partial charge in [-0.15, -0.1) is 11.3 Å². The Morgan fingerprint density at radius 1 is 1.35 bits per heavy atom. The van der Waals surface area contributed by atoms with Gasteiger partial charge in [0.1, 0.15) is 0 Å². The number of thiophene rings is 1. The summed E-state index contributed by atoms with van der Waals surface area (Å²) in [6.45, 7) is 4.89. The third kappa shape index (κ3) is 6.92. The molecular weight excluding hydrogens is 306 g/mol. The highest BCUT2D eigenvalue weighted by Crippen LogP contribution is 2.20. The van der Waals surface area contributed by atoms with Crippen LogP contribution in [0.3, 0.4) is 0 Å². The van der Waals surface area contributed by atoms with Gasteiger partial charge in [0.15, 0.2) is 5.96 Å². The van der Waals surface area contributed by atoms with Crippen molar-refractivity contribution < 1.29 is 4.74 Å². The van der Waals surface area contributed by atoms with Crippen LogP contribution >= 0.6 is 11.3 Å². The van der Waals surface area contributed by atoms with Crippen molar-refractivity contribution in [3.8, 4) is 0 Å². The highest BCUT2D eigenvalue weighted by Gasteiger charge is 2.13. The van der Waals surface area contributed by atoms with Gasteiger partial charge in [-0.1, -0.05) is 32.3 Å². The van der Waals surface area contributed by atoms with Crippen molar-refractivity contribution in [2.24, 2.45) is 4.99 Å². The van der Waals surface area contributed by atoms with Gasteiger partial charge in [-0.25, -0.2) is 0 Å². The highest BCUT2D eigenvalue weighted by molar-refractivity contribution is 7.10. The molecule has 1 fully saturated rings. The summed E-state index contributed by atoms with van der Waals surface area (Å²) in [4.78, 5) is 5.70. The summed E-state index contributed by atoms with van der Waals surface area (Å²) in [5, 5.41) is 8.90. The quantitative estimate of drug-likeness (QED) is 0.431. The van der Waals surface area contributed by atoms with E-state index >= 15 is 0 Å². The summed E-state index contributed by atoms with van der Waals surface area (Å²) >= 11 is 1.81. The van der Waals surface area contributed by atoms with Gasteiger partial charge in [0.05, 0.1) is 6.10 Å². The lowest BCUT2D eigenvalue weighted by atomic mass is 9.98. The first-order chi connectivity index (χ1) is 11.3. The van der Waals surface area contributed by atoms with E-state index in [4.69, 9.17) is 4.74 Å². The predicted molar refractivity (Wildman–Crippen MR) is 99.5 cm³/mol. The molecule has 0 aliphatic heterocycles. The van der Waals surface area contributed by atoms with Crippen LogP contribution in [0.2, 0.25) is 0 Å². The molecule has 0 amide bonds. The molecule has 0 radical (unpaired) electrons. The molecular formula is C18H31N3OS. The Kier molecular flexibility index (Phi) is 8.47. The second kappa shape index (κ2) is 10.7. The third-order valence-corrected chi connectivity index (χ3v) is 5.45. The Hall–Kier alpha value is -1.07. The Morgan fingerprint density at radius 3 is 2.87 bits per heavy atom. The lowest BCUT2D eigenvalue weighted by Gasteiger charge is -2.22. The van der Waals surface area contributed by atoms with E-state index in [-0.39, 0.29) is 0 Å². The molecule has 2 N–H and O–H groups in total. The van der Waals surface area contributed by atoms with E-state index in [2.05, 4.69) is 40.1 Å². The number of rotatable bonds is 8. The fourth-order valence-electron chi connectivity index (χ4n) is 2.90. The third-order valence-electron chi connectivity index (χ3n) is 4.35. The molecule has 1 unspecified atom stereocenters. The van der Waals surface area contributed by atoms with E-state index < -0.39 is 0 Å². The SMILES string of the molecule is CN=C(NCCCOC1CCCCC1)NCC(C)c1cccs1. The first-order valence-corrected chi connectivity index (χ1v) is 9.77. The standard InChI is InChI=1S/C18H31N3OS/c1-15(17-10-6-13-23-17)14-21-18(19-2)20-11-7-12-22-16-8-4-3-5-9-16/h6,10,13,15-16H,3-5,7-9,11-12,14H2,1-2H3,(H2,19,20,21). The van der Waals surface area contributed by atoms with Gasteiger partial charge in [-0.3, -0.25) is 4.99 Å². The zero-order chi connectivity index (χ0) is 16.3. The molecule has 1 saturated carbocycles. The minimum atomic E-state index is 0.503. The topological polar surface area (TPSA) is 45.7 Å². The summed E-state index contributed by atoms with van der Waals surface area (Å²) in [5.74, 6) is 1.38. The summed E-state index contributed by atoms with van der Waals surface area (Å²) in [5.41, 5.74) is 0. The maximum absolute atomic E-state index is 5.95. The van der Waals surface area contributed by atoms with Gasteiger partial charge < -0.3 is 15.4 Å². The average molecular weight is 338 g/mol. The van der Waals surface area contributed by atoms with Crippen molar-refractivity contribution in [2.75, 3.05) is 26.7 Å². The van der Waals surface area contributed by atoms with Crippen LogP contribution in [0.15, 0.2) is 22.5 Å². The van der Waals surface area contributed by atoms with Crippen molar-refractivity contribution in [3.05, 3.63) is 22.4 Å². The highest BCUT2D eigenvalue weighted by atomic mass is 32.1. The van der Waals surface area contributed by atoms with E-state index in [0.29, 0.717) is 12.0 Å². The number of nitrogens with zero attached hydrogens (tertiary/aromatic N) is 1. The molecule has 1 aliphatic carbocycles. The lowest BCUT2D eigenvalue weighted by molar-refractivity contribution is 0.0277. The van der Waals surface area contributed by atoms with Crippen LogP contribution in [0.1, 0.15) is 56.2 Å². The lowest BCUT2D eigenvalue weighted by Crippen LogP contribution is -2.39. The van der Waals surface area contributed by atoms with Crippen LogP contribution in [-0.2, 0) is 4.74 Å². The van der Waals surface area contributed by atoms with Crippen LogP contribution in [0.25, 0.3) is 0 Å². The van der Waals surface area contributed by atoms with Gasteiger partial charge in [0.2, 0.25) is 0 Å². The van der Waals surface area contributed by atoms with Crippen molar-refractivity contribution in [1.29, 1.82) is 0 Å². The van der Waals surface area contributed by atoms with Crippen LogP contribution in [0.5, 0.6) is 0 Å². The fourth-order valence-corrected chi connectivity index (χ4v) is 3.69. The summed E-state index contributed by atoms with van der Waals surface area (Å²) in [6.07, 6.45) is 8.08. The first kappa shape index (κ1) is 18.3. The average Bonchev–Trinajstić information content (AvgIpc) is 3.12. The molecule has 0 spiro atoms. The van der Waals surface area contributed by atoms with Gasteiger partial charge in [0.25, 0.3) is 0 Å². The second-order valence-electron chi connectivity index (χ2n) is 6.28. The number of ether oxygens (including phenoxy) is 1. The largest absolute Gasteiger partial charge is 0.378 e. The van der Waals surface area contributed by atoms with E-state index in [1.807, 2.05) is 18.4 Å². The summed E-state index contributed by atoms with van der Waals surface area (Å²) < 4.78 is 5.95. The van der Waals surface area contributed by atoms with Crippen LogP contribution in [-0.4, -0.2) is 38.8 Å². The van der Waals surface area contributed by atoms with Crippen molar-refractivity contribution in [3.63, 3.8) is 0 Å². The van der Waals surface area contributed by atoms with Gasteiger partial charge >= 0.3 is 0 Å². The van der Waals surface area contributed by atoms with Crippen molar-refractivity contribution >= 4 is 17.3 Å². The number of nitrogens with one attached hydrogen (secondary N) is 2.